The number of methoxy groups -OCH3 is 1. The zero-order chi connectivity index (χ0) is 14.4. The van der Waals surface area contributed by atoms with Crippen molar-refractivity contribution in [1.29, 1.82) is 0 Å². The monoisotopic (exact) mass is 277 g/mol. The molecule has 1 aromatic carbocycles. The maximum Gasteiger partial charge on any atom is 0.310 e. The summed E-state index contributed by atoms with van der Waals surface area (Å²) in [6, 6.07) is 7.41. The highest BCUT2D eigenvalue weighted by atomic mass is 16.5. The minimum Gasteiger partial charge on any atom is -0.493 e. The van der Waals surface area contributed by atoms with Crippen LogP contribution >= 0.6 is 0 Å². The molecular formula is C15H19NO4. The molecule has 5 nitrogen and oxygen atoms in total. The van der Waals surface area contributed by atoms with Crippen molar-refractivity contribution in [2.75, 3.05) is 20.3 Å². The third-order valence-electron chi connectivity index (χ3n) is 3.36. The Kier molecular flexibility index (Phi) is 4.98. The van der Waals surface area contributed by atoms with Gasteiger partial charge < -0.3 is 14.8 Å². The number of amides is 1. The van der Waals surface area contributed by atoms with Crippen LogP contribution in [0.25, 0.3) is 0 Å². The zero-order valence-corrected chi connectivity index (χ0v) is 11.6. The molecule has 1 aliphatic rings. The molecule has 20 heavy (non-hydrogen) atoms. The third kappa shape index (κ3) is 3.98. The largest absolute Gasteiger partial charge is 0.493 e. The Hall–Kier alpha value is -2.04. The van der Waals surface area contributed by atoms with Gasteiger partial charge in [-0.15, -0.1) is 0 Å². The molecule has 0 aromatic heterocycles. The van der Waals surface area contributed by atoms with Gasteiger partial charge in [0.1, 0.15) is 5.75 Å². The molecule has 1 fully saturated rings. The molecule has 0 bridgehead atoms. The number of benzene rings is 1. The highest BCUT2D eigenvalue weighted by Gasteiger charge is 2.20. The number of ether oxygens (including phenoxy) is 2. The lowest BCUT2D eigenvalue weighted by molar-refractivity contribution is -0.139. The van der Waals surface area contributed by atoms with E-state index in [1.54, 1.807) is 0 Å². The molecule has 0 radical (unpaired) electrons. The fraction of sp³-hybridized carbons (Fsp3) is 0.467. The van der Waals surface area contributed by atoms with Crippen LogP contribution in [-0.4, -0.2) is 32.1 Å². The first-order valence-electron chi connectivity index (χ1n) is 6.73. The van der Waals surface area contributed by atoms with Crippen molar-refractivity contribution in [3.05, 3.63) is 29.8 Å². The number of para-hydroxylation sites is 1. The summed E-state index contributed by atoms with van der Waals surface area (Å²) in [5, 5.41) is 2.80. The minimum absolute atomic E-state index is 0.0766. The van der Waals surface area contributed by atoms with E-state index in [2.05, 4.69) is 10.1 Å². The second-order valence-electron chi connectivity index (χ2n) is 4.88. The summed E-state index contributed by atoms with van der Waals surface area (Å²) in [4.78, 5) is 22.7. The average molecular weight is 277 g/mol. The van der Waals surface area contributed by atoms with E-state index in [0.717, 1.165) is 12.0 Å². The van der Waals surface area contributed by atoms with Crippen molar-refractivity contribution >= 4 is 11.9 Å². The van der Waals surface area contributed by atoms with Gasteiger partial charge in [-0.05, 0) is 12.5 Å². The molecule has 108 valence electrons. The molecule has 1 atom stereocenters. The van der Waals surface area contributed by atoms with Crippen LogP contribution in [0.15, 0.2) is 24.3 Å². The van der Waals surface area contributed by atoms with Crippen LogP contribution in [-0.2, 0) is 20.7 Å². The Labute approximate surface area is 118 Å². The van der Waals surface area contributed by atoms with Gasteiger partial charge in [0.2, 0.25) is 5.91 Å². The number of hydrogen-bond acceptors (Lipinski definition) is 4. The first-order chi connectivity index (χ1) is 9.69. The third-order valence-corrected chi connectivity index (χ3v) is 3.36. The first kappa shape index (κ1) is 14.4. The summed E-state index contributed by atoms with van der Waals surface area (Å²) in [5.41, 5.74) is 0.805. The van der Waals surface area contributed by atoms with Gasteiger partial charge in [-0.2, -0.15) is 0 Å². The van der Waals surface area contributed by atoms with Crippen molar-refractivity contribution in [2.24, 2.45) is 5.92 Å². The quantitative estimate of drug-likeness (QED) is 0.824. The molecule has 1 saturated heterocycles. The number of rotatable bonds is 5. The molecule has 1 aromatic rings. The Bertz CT molecular complexity index is 487. The summed E-state index contributed by atoms with van der Waals surface area (Å²) in [6.45, 7) is 1.20. The maximum absolute atomic E-state index is 11.4. The number of hydrogen-bond donors (Lipinski definition) is 1. The van der Waals surface area contributed by atoms with E-state index in [-0.39, 0.29) is 24.2 Å². The maximum atomic E-state index is 11.4. The van der Waals surface area contributed by atoms with Gasteiger partial charge in [-0.1, -0.05) is 18.2 Å². The normalized spacial score (nSPS) is 18.2. The molecule has 1 amide bonds. The number of piperidine rings is 1. The van der Waals surface area contributed by atoms with E-state index in [9.17, 15) is 9.59 Å². The van der Waals surface area contributed by atoms with E-state index in [4.69, 9.17) is 4.74 Å². The average Bonchev–Trinajstić information content (AvgIpc) is 2.46. The summed E-state index contributed by atoms with van der Waals surface area (Å²) >= 11 is 0. The summed E-state index contributed by atoms with van der Waals surface area (Å²) in [5.74, 6) is 0.699. The van der Waals surface area contributed by atoms with E-state index >= 15 is 0 Å². The smallest absolute Gasteiger partial charge is 0.310 e. The van der Waals surface area contributed by atoms with Crippen LogP contribution in [0.3, 0.4) is 0 Å². The SMILES string of the molecule is COC(=O)Cc1ccccc1OCC1CCNC(=O)C1. The van der Waals surface area contributed by atoms with Crippen LogP contribution < -0.4 is 10.1 Å². The predicted octanol–water partition coefficient (Wildman–Crippen LogP) is 1.31. The standard InChI is InChI=1S/C15H19NO4/c1-19-15(18)9-12-4-2-3-5-13(12)20-10-11-6-7-16-14(17)8-11/h2-5,11H,6-10H2,1H3,(H,16,17). The lowest BCUT2D eigenvalue weighted by Gasteiger charge is -2.22. The summed E-state index contributed by atoms with van der Waals surface area (Å²) < 4.78 is 10.5. The van der Waals surface area contributed by atoms with Crippen molar-refractivity contribution in [3.8, 4) is 5.75 Å². The Morgan fingerprint density at radius 3 is 2.95 bits per heavy atom. The summed E-state index contributed by atoms with van der Waals surface area (Å²) in [6.07, 6.45) is 1.61. The van der Waals surface area contributed by atoms with Gasteiger partial charge in [0, 0.05) is 24.4 Å². The Balaban J connectivity index is 1.94. The van der Waals surface area contributed by atoms with Crippen LogP contribution in [0.5, 0.6) is 5.75 Å². The Morgan fingerprint density at radius 1 is 1.40 bits per heavy atom. The van der Waals surface area contributed by atoms with Gasteiger partial charge >= 0.3 is 5.97 Å². The van der Waals surface area contributed by atoms with Crippen LogP contribution in [0.2, 0.25) is 0 Å². The number of nitrogens with one attached hydrogen (secondary N) is 1. The van der Waals surface area contributed by atoms with Crippen molar-refractivity contribution < 1.29 is 19.1 Å². The highest BCUT2D eigenvalue weighted by molar-refractivity contribution is 5.76. The van der Waals surface area contributed by atoms with E-state index in [1.165, 1.54) is 7.11 Å². The van der Waals surface area contributed by atoms with Gasteiger partial charge in [0.05, 0.1) is 20.1 Å². The molecule has 1 N–H and O–H groups in total. The number of esters is 1. The van der Waals surface area contributed by atoms with Crippen molar-refractivity contribution in [3.63, 3.8) is 0 Å². The van der Waals surface area contributed by atoms with Gasteiger partial charge in [-0.3, -0.25) is 9.59 Å². The fourth-order valence-corrected chi connectivity index (χ4v) is 2.22. The zero-order valence-electron chi connectivity index (χ0n) is 11.6. The molecule has 1 unspecified atom stereocenters. The van der Waals surface area contributed by atoms with Crippen LogP contribution in [0, 0.1) is 5.92 Å². The Morgan fingerprint density at radius 2 is 2.20 bits per heavy atom. The minimum atomic E-state index is -0.293. The molecule has 0 saturated carbocycles. The van der Waals surface area contributed by atoms with Crippen LogP contribution in [0.1, 0.15) is 18.4 Å². The lowest BCUT2D eigenvalue weighted by Crippen LogP contribution is -2.35. The van der Waals surface area contributed by atoms with E-state index < -0.39 is 0 Å². The van der Waals surface area contributed by atoms with E-state index in [1.807, 2.05) is 24.3 Å². The summed E-state index contributed by atoms with van der Waals surface area (Å²) in [7, 11) is 1.37. The van der Waals surface area contributed by atoms with Crippen LogP contribution in [0.4, 0.5) is 0 Å². The predicted molar refractivity (Wildman–Crippen MR) is 73.4 cm³/mol. The second kappa shape index (κ2) is 6.93. The fourth-order valence-electron chi connectivity index (χ4n) is 2.22. The van der Waals surface area contributed by atoms with Gasteiger partial charge in [0.25, 0.3) is 0 Å². The molecule has 0 aliphatic carbocycles. The topological polar surface area (TPSA) is 64.6 Å². The number of carbonyl (C=O) groups excluding carboxylic acids is 2. The molecule has 2 rings (SSSR count). The highest BCUT2D eigenvalue weighted by Crippen LogP contribution is 2.21. The first-order valence-corrected chi connectivity index (χ1v) is 6.73. The van der Waals surface area contributed by atoms with Gasteiger partial charge in [0.15, 0.2) is 0 Å². The molecule has 5 heteroatoms. The van der Waals surface area contributed by atoms with Crippen molar-refractivity contribution in [2.45, 2.75) is 19.3 Å². The lowest BCUT2D eigenvalue weighted by atomic mass is 9.99. The van der Waals surface area contributed by atoms with Gasteiger partial charge in [-0.25, -0.2) is 0 Å². The molecular weight excluding hydrogens is 258 g/mol. The second-order valence-corrected chi connectivity index (χ2v) is 4.88. The molecule has 1 heterocycles. The van der Waals surface area contributed by atoms with Crippen molar-refractivity contribution in [1.82, 2.24) is 5.32 Å². The molecule has 0 spiro atoms. The van der Waals surface area contributed by atoms with E-state index in [0.29, 0.717) is 25.3 Å². The number of carbonyl (C=O) groups is 2. The molecule has 1 aliphatic heterocycles.